The number of alkyl halides is 4. The van der Waals surface area contributed by atoms with Gasteiger partial charge in [0.05, 0.1) is 22.2 Å². The molecule has 0 spiro atoms. The largest absolute Gasteiger partial charge is 0.435 e. The van der Waals surface area contributed by atoms with Gasteiger partial charge in [0.15, 0.2) is 0 Å². The van der Waals surface area contributed by atoms with Crippen molar-refractivity contribution in [1.82, 2.24) is 5.32 Å². The first-order valence-corrected chi connectivity index (χ1v) is 12.1. The number of amides is 1. The number of hydrogen-bond donors (Lipinski definition) is 4. The lowest BCUT2D eigenvalue weighted by Gasteiger charge is -2.33. The summed E-state index contributed by atoms with van der Waals surface area (Å²) in [5.41, 5.74) is 2.33. The number of rotatable bonds is 7. The van der Waals surface area contributed by atoms with E-state index in [1.165, 1.54) is 32.0 Å². The van der Waals surface area contributed by atoms with Crippen LogP contribution in [0.2, 0.25) is 0 Å². The number of nitrogens with one attached hydrogen (secondary N) is 1. The Morgan fingerprint density at radius 2 is 2.03 bits per heavy atom. The van der Waals surface area contributed by atoms with Gasteiger partial charge in [-0.2, -0.15) is 13.2 Å². The molecule has 0 fully saturated rings. The molecule has 13 heteroatoms. The number of benzene rings is 1. The van der Waals surface area contributed by atoms with Crippen LogP contribution in [0.3, 0.4) is 0 Å². The first-order valence-electron chi connectivity index (χ1n) is 11.3. The zero-order valence-corrected chi connectivity index (χ0v) is 21.7. The Morgan fingerprint density at radius 3 is 2.57 bits per heavy atom. The summed E-state index contributed by atoms with van der Waals surface area (Å²) in [6, 6.07) is 4.24. The number of hydrogen-bond acceptors (Lipinski definition) is 6. The van der Waals surface area contributed by atoms with Gasteiger partial charge in [0.2, 0.25) is 0 Å². The van der Waals surface area contributed by atoms with Crippen LogP contribution in [0.15, 0.2) is 45.9 Å². The number of carbonyl (C=O) groups excluding carboxylic acids is 1. The highest BCUT2D eigenvalue weighted by Crippen LogP contribution is 2.50. The number of aliphatic hydroxyl groups excluding tert-OH is 2. The summed E-state index contributed by atoms with van der Waals surface area (Å²) < 4.78 is 56.6. The quantitative estimate of drug-likeness (QED) is 0.222. The van der Waals surface area contributed by atoms with E-state index < -0.39 is 64.6 Å². The predicted octanol–water partition coefficient (Wildman–Crippen LogP) is 4.31. The van der Waals surface area contributed by atoms with Crippen molar-refractivity contribution < 1.29 is 37.4 Å². The zero-order valence-electron chi connectivity index (χ0n) is 20.2. The van der Waals surface area contributed by atoms with Crippen LogP contribution in [0.5, 0.6) is 0 Å². The van der Waals surface area contributed by atoms with E-state index in [4.69, 9.17) is 33.8 Å². The zero-order chi connectivity index (χ0) is 27.9. The van der Waals surface area contributed by atoms with Gasteiger partial charge in [-0.1, -0.05) is 22.8 Å². The lowest BCUT2D eigenvalue weighted by Crippen LogP contribution is -2.52. The van der Waals surface area contributed by atoms with Gasteiger partial charge in [0.1, 0.15) is 12.1 Å². The SMILES string of the molecule is Cc1cc(C2=NO[C@@](C3=CC(Cl)=C(F)C(Cl)C3)(C(F)(F)F)C2)ccc1C(=O)NC(O)C[C@@](C)(N)C(C)O. The molecule has 5 atom stereocenters. The maximum Gasteiger partial charge on any atom is 0.435 e. The molecule has 0 saturated carbocycles. The molecule has 1 aromatic rings. The number of carbonyl (C=O) groups is 1. The molecule has 5 N–H and O–H groups in total. The van der Waals surface area contributed by atoms with Gasteiger partial charge in [0, 0.05) is 23.9 Å². The molecule has 0 radical (unpaired) electrons. The van der Waals surface area contributed by atoms with Crippen LogP contribution >= 0.6 is 23.2 Å². The summed E-state index contributed by atoms with van der Waals surface area (Å²) in [4.78, 5) is 17.6. The van der Waals surface area contributed by atoms with Crippen LogP contribution in [-0.4, -0.2) is 56.9 Å². The molecule has 1 aliphatic carbocycles. The highest BCUT2D eigenvalue weighted by molar-refractivity contribution is 6.33. The number of aryl methyl sites for hydroxylation is 1. The van der Waals surface area contributed by atoms with E-state index in [2.05, 4.69) is 10.5 Å². The Balaban J connectivity index is 1.81. The van der Waals surface area contributed by atoms with Gasteiger partial charge in [-0.3, -0.25) is 4.79 Å². The lowest BCUT2D eigenvalue weighted by molar-refractivity contribution is -0.254. The minimum atomic E-state index is -4.92. The Kier molecular flexibility index (Phi) is 8.36. The number of allylic oxidation sites excluding steroid dienone is 3. The van der Waals surface area contributed by atoms with Crippen molar-refractivity contribution in [3.8, 4) is 0 Å². The maximum atomic E-state index is 14.2. The molecule has 0 aromatic heterocycles. The summed E-state index contributed by atoms with van der Waals surface area (Å²) >= 11 is 11.6. The standard InChI is InChI=1S/C24H27Cl2F4N3O4/c1-11-6-13(4-5-15(11)21(36)32-19(35)10-22(3,31)12(2)34)18-9-23(37-33-18,24(28,29)30)14-7-16(25)20(27)17(26)8-14/h4-7,12,17,19,34-35H,8-10,31H2,1-3H3,(H,32,36)/t12?,17?,19?,22-,23+/m1/s1. The van der Waals surface area contributed by atoms with Crippen LogP contribution in [-0.2, 0) is 4.84 Å². The van der Waals surface area contributed by atoms with E-state index in [0.29, 0.717) is 5.56 Å². The molecule has 37 heavy (non-hydrogen) atoms. The van der Waals surface area contributed by atoms with Crippen molar-refractivity contribution in [2.75, 3.05) is 0 Å². The Bertz CT molecular complexity index is 1170. The van der Waals surface area contributed by atoms with Gasteiger partial charge in [-0.15, -0.1) is 11.6 Å². The van der Waals surface area contributed by atoms with Gasteiger partial charge in [0.25, 0.3) is 11.5 Å². The number of aliphatic hydroxyl groups is 2. The topological polar surface area (TPSA) is 117 Å². The smallest absolute Gasteiger partial charge is 0.392 e. The molecule has 2 aliphatic rings. The second-order valence-corrected chi connectivity index (χ2v) is 10.5. The summed E-state index contributed by atoms with van der Waals surface area (Å²) in [5.74, 6) is -1.56. The van der Waals surface area contributed by atoms with E-state index in [1.54, 1.807) is 6.92 Å². The van der Waals surface area contributed by atoms with E-state index in [-0.39, 0.29) is 28.8 Å². The molecule has 1 aromatic carbocycles. The average molecular weight is 568 g/mol. The Morgan fingerprint density at radius 1 is 1.38 bits per heavy atom. The number of nitrogens with zero attached hydrogens (tertiary/aromatic N) is 1. The molecular formula is C24H27Cl2F4N3O4. The minimum absolute atomic E-state index is 0.0404. The fourth-order valence-corrected chi connectivity index (χ4v) is 4.66. The molecule has 204 valence electrons. The third-order valence-electron chi connectivity index (χ3n) is 6.60. The van der Waals surface area contributed by atoms with Crippen LogP contribution in [0.4, 0.5) is 17.6 Å². The molecule has 0 bridgehead atoms. The molecule has 3 unspecified atom stereocenters. The van der Waals surface area contributed by atoms with Crippen molar-refractivity contribution in [2.45, 2.75) is 75.1 Å². The van der Waals surface area contributed by atoms with Gasteiger partial charge in [-0.25, -0.2) is 4.39 Å². The van der Waals surface area contributed by atoms with Crippen LogP contribution in [0, 0.1) is 6.92 Å². The monoisotopic (exact) mass is 567 g/mol. The highest BCUT2D eigenvalue weighted by Gasteiger charge is 2.63. The summed E-state index contributed by atoms with van der Waals surface area (Å²) in [5, 5.41) is 24.0. The molecule has 3 rings (SSSR count). The first-order chi connectivity index (χ1) is 17.0. The summed E-state index contributed by atoms with van der Waals surface area (Å²) in [6.45, 7) is 4.55. The lowest BCUT2D eigenvalue weighted by atomic mass is 9.82. The normalized spacial score (nSPS) is 25.6. The summed E-state index contributed by atoms with van der Waals surface area (Å²) in [6.07, 6.45) is -7.64. The van der Waals surface area contributed by atoms with E-state index in [1.807, 2.05) is 0 Å². The average Bonchev–Trinajstić information content (AvgIpc) is 3.23. The van der Waals surface area contributed by atoms with E-state index >= 15 is 0 Å². The molecular weight excluding hydrogens is 541 g/mol. The summed E-state index contributed by atoms with van der Waals surface area (Å²) in [7, 11) is 0. The molecule has 1 aliphatic heterocycles. The van der Waals surface area contributed by atoms with Crippen LogP contribution in [0.25, 0.3) is 0 Å². The fraction of sp³-hybridized carbons (Fsp3) is 0.500. The van der Waals surface area contributed by atoms with Crippen molar-refractivity contribution in [3.05, 3.63) is 57.4 Å². The van der Waals surface area contributed by atoms with Crippen molar-refractivity contribution in [1.29, 1.82) is 0 Å². The molecule has 1 amide bonds. The van der Waals surface area contributed by atoms with Crippen molar-refractivity contribution in [3.63, 3.8) is 0 Å². The number of oxime groups is 1. The molecule has 7 nitrogen and oxygen atoms in total. The predicted molar refractivity (Wildman–Crippen MR) is 131 cm³/mol. The van der Waals surface area contributed by atoms with Crippen LogP contribution < -0.4 is 11.1 Å². The third-order valence-corrected chi connectivity index (χ3v) is 7.23. The Hall–Kier alpha value is -2.18. The first kappa shape index (κ1) is 29.4. The van der Waals surface area contributed by atoms with Crippen molar-refractivity contribution in [2.24, 2.45) is 10.9 Å². The van der Waals surface area contributed by atoms with Crippen molar-refractivity contribution >= 4 is 34.8 Å². The minimum Gasteiger partial charge on any atom is -0.392 e. The second kappa shape index (κ2) is 10.5. The molecule has 0 saturated heterocycles. The number of nitrogens with two attached hydrogens (primary N) is 1. The van der Waals surface area contributed by atoms with Gasteiger partial charge < -0.3 is 26.1 Å². The van der Waals surface area contributed by atoms with E-state index in [9.17, 15) is 32.6 Å². The third kappa shape index (κ3) is 5.96. The van der Waals surface area contributed by atoms with Gasteiger partial charge >= 0.3 is 6.18 Å². The van der Waals surface area contributed by atoms with E-state index in [0.717, 1.165) is 6.08 Å². The molecule has 1 heterocycles. The highest BCUT2D eigenvalue weighted by atomic mass is 35.5. The van der Waals surface area contributed by atoms with Crippen LogP contribution in [0.1, 0.15) is 54.6 Å². The number of halogens is 6. The maximum absolute atomic E-state index is 14.2. The Labute approximate surface area is 220 Å². The van der Waals surface area contributed by atoms with Gasteiger partial charge in [-0.05, 0) is 62.1 Å². The fourth-order valence-electron chi connectivity index (χ4n) is 4.05. The second-order valence-electron chi connectivity index (χ2n) is 9.57.